The summed E-state index contributed by atoms with van der Waals surface area (Å²) in [5, 5.41) is 3.03. The summed E-state index contributed by atoms with van der Waals surface area (Å²) in [6.45, 7) is 7.76. The fraction of sp³-hybridized carbons (Fsp3) is 0.545. The maximum Gasteiger partial charge on any atom is 0.318 e. The molecule has 2 aromatic heterocycles. The Balaban J connectivity index is 1.45. The van der Waals surface area contributed by atoms with Crippen molar-refractivity contribution in [1.29, 1.82) is 0 Å². The van der Waals surface area contributed by atoms with Gasteiger partial charge in [-0.3, -0.25) is 4.98 Å². The van der Waals surface area contributed by atoms with Crippen molar-refractivity contribution < 1.29 is 14.3 Å². The first kappa shape index (κ1) is 20.4. The highest BCUT2D eigenvalue weighted by Crippen LogP contribution is 2.38. The van der Waals surface area contributed by atoms with E-state index in [0.29, 0.717) is 17.5 Å². The smallest absolute Gasteiger partial charge is 0.318 e. The van der Waals surface area contributed by atoms with E-state index in [1.54, 1.807) is 6.20 Å². The molecule has 2 aromatic rings. The third-order valence-corrected chi connectivity index (χ3v) is 5.77. The zero-order valence-corrected chi connectivity index (χ0v) is 18.0. The summed E-state index contributed by atoms with van der Waals surface area (Å²) in [5.41, 5.74) is 1.55. The van der Waals surface area contributed by atoms with Gasteiger partial charge in [0.2, 0.25) is 11.8 Å². The molecule has 0 aliphatic carbocycles. The molecular formula is C22H29N5O3. The molecule has 2 saturated heterocycles. The average Bonchev–Trinajstić information content (AvgIpc) is 2.97. The molecule has 2 fully saturated rings. The van der Waals surface area contributed by atoms with Crippen LogP contribution in [0.3, 0.4) is 0 Å². The minimum Gasteiger partial charge on any atom is -0.474 e. The van der Waals surface area contributed by atoms with Crippen molar-refractivity contribution >= 4 is 6.03 Å². The Kier molecular flexibility index (Phi) is 5.74. The molecule has 2 bridgehead atoms. The lowest BCUT2D eigenvalue weighted by atomic mass is 10.00. The number of pyridine rings is 1. The van der Waals surface area contributed by atoms with Crippen molar-refractivity contribution in [2.75, 3.05) is 0 Å². The lowest BCUT2D eigenvalue weighted by molar-refractivity contribution is 0.0648. The van der Waals surface area contributed by atoms with Gasteiger partial charge in [0, 0.05) is 37.2 Å². The molecule has 160 valence electrons. The summed E-state index contributed by atoms with van der Waals surface area (Å²) in [6, 6.07) is 4.29. The Hall–Kier alpha value is -2.90. The number of aromatic nitrogens is 3. The van der Waals surface area contributed by atoms with Crippen molar-refractivity contribution in [3.8, 4) is 17.5 Å². The summed E-state index contributed by atoms with van der Waals surface area (Å²) < 4.78 is 12.2. The number of nitrogens with zero attached hydrogens (tertiary/aromatic N) is 4. The van der Waals surface area contributed by atoms with Gasteiger partial charge in [-0.2, -0.15) is 0 Å². The number of fused-ring (bicyclic) bond motifs is 2. The second-order valence-electron chi connectivity index (χ2n) is 8.41. The van der Waals surface area contributed by atoms with Gasteiger partial charge in [-0.1, -0.05) is 0 Å². The minimum absolute atomic E-state index is 0.0205. The minimum atomic E-state index is 0.0205. The maximum atomic E-state index is 12.6. The maximum absolute atomic E-state index is 12.6. The van der Waals surface area contributed by atoms with Crippen LogP contribution in [0.1, 0.15) is 50.8 Å². The van der Waals surface area contributed by atoms with Gasteiger partial charge in [-0.05, 0) is 52.7 Å². The number of hydrogen-bond acceptors (Lipinski definition) is 6. The third-order valence-electron chi connectivity index (χ3n) is 5.77. The van der Waals surface area contributed by atoms with Crippen molar-refractivity contribution in [3.63, 3.8) is 0 Å². The first-order valence-corrected chi connectivity index (χ1v) is 10.6. The molecule has 8 nitrogen and oxygen atoms in total. The van der Waals surface area contributed by atoms with E-state index in [1.807, 2.05) is 44.7 Å². The number of urea groups is 1. The standard InChI is InChI=1S/C22H29N5O3/c1-13(2)26-22(28)27-16-7-8-17(27)11-18(10-16)29-20-14(3)21(25-12-24-20)30-19-6-5-9-23-15(19)4/h5-6,9,12-13,16-18H,7-8,10-11H2,1-4H3,(H,26,28)/t16-,17?,18?/m0/s1. The van der Waals surface area contributed by atoms with E-state index in [4.69, 9.17) is 9.47 Å². The molecule has 0 saturated carbocycles. The Labute approximate surface area is 177 Å². The van der Waals surface area contributed by atoms with E-state index >= 15 is 0 Å². The number of carbonyl (C=O) groups is 1. The predicted molar refractivity (Wildman–Crippen MR) is 112 cm³/mol. The highest BCUT2D eigenvalue weighted by molar-refractivity contribution is 5.75. The normalized spacial score (nSPS) is 22.8. The zero-order valence-electron chi connectivity index (χ0n) is 18.0. The molecule has 2 aliphatic rings. The van der Waals surface area contributed by atoms with E-state index in [-0.39, 0.29) is 30.3 Å². The monoisotopic (exact) mass is 411 g/mol. The fourth-order valence-electron chi connectivity index (χ4n) is 4.36. The van der Waals surface area contributed by atoms with Gasteiger partial charge in [0.25, 0.3) is 0 Å². The molecule has 4 rings (SSSR count). The van der Waals surface area contributed by atoms with Crippen LogP contribution in [0.15, 0.2) is 24.7 Å². The van der Waals surface area contributed by atoms with Crippen molar-refractivity contribution in [2.45, 2.75) is 77.6 Å². The SMILES string of the molecule is Cc1ncccc1Oc1ncnc(OC2CC3CC[C@@H](C2)N3C(=O)NC(C)C)c1C. The lowest BCUT2D eigenvalue weighted by Gasteiger charge is -2.39. The van der Waals surface area contributed by atoms with Crippen molar-refractivity contribution in [2.24, 2.45) is 0 Å². The van der Waals surface area contributed by atoms with Gasteiger partial charge in [0.1, 0.15) is 12.4 Å². The number of amides is 2. The molecule has 8 heteroatoms. The van der Waals surface area contributed by atoms with E-state index < -0.39 is 0 Å². The van der Waals surface area contributed by atoms with Crippen molar-refractivity contribution in [3.05, 3.63) is 35.9 Å². The molecule has 1 N–H and O–H groups in total. The first-order chi connectivity index (χ1) is 14.4. The Morgan fingerprint density at radius 2 is 1.83 bits per heavy atom. The van der Waals surface area contributed by atoms with Gasteiger partial charge in [0.15, 0.2) is 5.75 Å². The largest absolute Gasteiger partial charge is 0.474 e. The summed E-state index contributed by atoms with van der Waals surface area (Å²) in [5.74, 6) is 1.66. The molecular weight excluding hydrogens is 382 g/mol. The number of ether oxygens (including phenoxy) is 2. The molecule has 3 atom stereocenters. The Morgan fingerprint density at radius 3 is 2.50 bits per heavy atom. The number of nitrogens with one attached hydrogen (secondary N) is 1. The molecule has 0 radical (unpaired) electrons. The predicted octanol–water partition coefficient (Wildman–Crippen LogP) is 3.77. The molecule has 2 aliphatic heterocycles. The van der Waals surface area contributed by atoms with Crippen LogP contribution in [0.4, 0.5) is 4.79 Å². The van der Waals surface area contributed by atoms with Gasteiger partial charge < -0.3 is 19.7 Å². The van der Waals surface area contributed by atoms with E-state index in [9.17, 15) is 4.79 Å². The number of piperidine rings is 1. The molecule has 0 aromatic carbocycles. The Bertz CT molecular complexity index is 905. The number of rotatable bonds is 5. The van der Waals surface area contributed by atoms with Crippen LogP contribution in [0.2, 0.25) is 0 Å². The Morgan fingerprint density at radius 1 is 1.13 bits per heavy atom. The van der Waals surface area contributed by atoms with Gasteiger partial charge in [-0.15, -0.1) is 0 Å². The number of carbonyl (C=O) groups excluding carboxylic acids is 1. The van der Waals surface area contributed by atoms with E-state index in [1.165, 1.54) is 6.33 Å². The van der Waals surface area contributed by atoms with Crippen molar-refractivity contribution in [1.82, 2.24) is 25.2 Å². The summed E-state index contributed by atoms with van der Waals surface area (Å²) in [7, 11) is 0. The van der Waals surface area contributed by atoms with Gasteiger partial charge in [-0.25, -0.2) is 14.8 Å². The fourth-order valence-corrected chi connectivity index (χ4v) is 4.36. The average molecular weight is 412 g/mol. The highest BCUT2D eigenvalue weighted by atomic mass is 16.5. The van der Waals surface area contributed by atoms with E-state index in [2.05, 4.69) is 20.3 Å². The van der Waals surface area contributed by atoms with E-state index in [0.717, 1.165) is 36.9 Å². The third kappa shape index (κ3) is 4.17. The number of aryl methyl sites for hydroxylation is 1. The molecule has 0 spiro atoms. The summed E-state index contributed by atoms with van der Waals surface area (Å²) in [6.07, 6.45) is 6.87. The quantitative estimate of drug-likeness (QED) is 0.805. The van der Waals surface area contributed by atoms with Crippen LogP contribution in [-0.4, -0.2) is 50.1 Å². The molecule has 2 amide bonds. The van der Waals surface area contributed by atoms with Crippen LogP contribution in [0, 0.1) is 13.8 Å². The van der Waals surface area contributed by atoms with Crippen LogP contribution < -0.4 is 14.8 Å². The first-order valence-electron chi connectivity index (χ1n) is 10.6. The second kappa shape index (κ2) is 8.45. The van der Waals surface area contributed by atoms with Crippen LogP contribution >= 0.6 is 0 Å². The van der Waals surface area contributed by atoms with Crippen LogP contribution in [-0.2, 0) is 0 Å². The lowest BCUT2D eigenvalue weighted by Crippen LogP contribution is -2.53. The van der Waals surface area contributed by atoms with Crippen LogP contribution in [0.25, 0.3) is 0 Å². The number of hydrogen-bond donors (Lipinski definition) is 1. The van der Waals surface area contributed by atoms with Gasteiger partial charge in [0.05, 0.1) is 11.3 Å². The molecule has 2 unspecified atom stereocenters. The summed E-state index contributed by atoms with van der Waals surface area (Å²) >= 11 is 0. The summed E-state index contributed by atoms with van der Waals surface area (Å²) in [4.78, 5) is 27.4. The van der Waals surface area contributed by atoms with Gasteiger partial charge >= 0.3 is 6.03 Å². The van der Waals surface area contributed by atoms with Crippen LogP contribution in [0.5, 0.6) is 17.5 Å². The molecule has 4 heterocycles. The topological polar surface area (TPSA) is 89.5 Å². The second-order valence-corrected chi connectivity index (χ2v) is 8.41. The highest BCUT2D eigenvalue weighted by Gasteiger charge is 2.44. The molecule has 30 heavy (non-hydrogen) atoms. The zero-order chi connectivity index (χ0) is 21.3.